The maximum Gasteiger partial charge on any atom is 0.337 e. The molecule has 3 aromatic rings. The van der Waals surface area contributed by atoms with Crippen LogP contribution in [0.25, 0.3) is 10.2 Å². The highest BCUT2D eigenvalue weighted by Gasteiger charge is 2.14. The van der Waals surface area contributed by atoms with E-state index in [0.717, 1.165) is 21.5 Å². The summed E-state index contributed by atoms with van der Waals surface area (Å²) in [5.41, 5.74) is 2.49. The van der Waals surface area contributed by atoms with Crippen LogP contribution >= 0.6 is 11.3 Å². The van der Waals surface area contributed by atoms with Crippen LogP contribution in [0, 0.1) is 6.92 Å². The lowest BCUT2D eigenvalue weighted by Crippen LogP contribution is -2.24. The molecule has 0 radical (unpaired) electrons. The number of amides is 1. The molecule has 2 heterocycles. The average Bonchev–Trinajstić information content (AvgIpc) is 3.17. The van der Waals surface area contributed by atoms with Crippen LogP contribution in [-0.2, 0) is 18.2 Å². The molecule has 3 rings (SSSR count). The number of carbonyl (C=O) groups is 2. The highest BCUT2D eigenvalue weighted by molar-refractivity contribution is 7.20. The Bertz CT molecular complexity index is 891. The minimum Gasteiger partial charge on any atom is -0.465 e. The summed E-state index contributed by atoms with van der Waals surface area (Å²) in [7, 11) is 3.24. The van der Waals surface area contributed by atoms with E-state index in [4.69, 9.17) is 0 Å². The van der Waals surface area contributed by atoms with Crippen LogP contribution in [0.15, 0.2) is 30.3 Å². The van der Waals surface area contributed by atoms with E-state index in [1.165, 1.54) is 18.4 Å². The molecular formula is C18H19N3O3S. The molecule has 130 valence electrons. The summed E-state index contributed by atoms with van der Waals surface area (Å²) in [5.74, 6) is -0.429. The van der Waals surface area contributed by atoms with Gasteiger partial charge < -0.3 is 10.1 Å². The number of benzene rings is 1. The van der Waals surface area contributed by atoms with Crippen molar-refractivity contribution in [3.8, 4) is 0 Å². The van der Waals surface area contributed by atoms with Crippen LogP contribution in [0.5, 0.6) is 0 Å². The predicted molar refractivity (Wildman–Crippen MR) is 97.1 cm³/mol. The Morgan fingerprint density at radius 1 is 1.28 bits per heavy atom. The molecule has 1 aromatic carbocycles. The number of aryl methyl sites for hydroxylation is 2. The van der Waals surface area contributed by atoms with Crippen LogP contribution < -0.4 is 5.32 Å². The van der Waals surface area contributed by atoms with E-state index < -0.39 is 0 Å². The number of hydrogen-bond donors (Lipinski definition) is 1. The number of rotatable bonds is 5. The molecule has 0 atom stereocenters. The lowest BCUT2D eigenvalue weighted by Gasteiger charge is -2.05. The van der Waals surface area contributed by atoms with Crippen LogP contribution in [0.2, 0.25) is 0 Å². The molecule has 7 heteroatoms. The number of aromatic nitrogens is 2. The number of esters is 1. The number of hydrogen-bond acceptors (Lipinski definition) is 5. The number of methoxy groups -OCH3 is 1. The Morgan fingerprint density at radius 2 is 2.00 bits per heavy atom. The number of fused-ring (bicyclic) bond motifs is 1. The highest BCUT2D eigenvalue weighted by Crippen LogP contribution is 2.27. The monoisotopic (exact) mass is 357 g/mol. The number of carbonyl (C=O) groups excluding carboxylic acids is 2. The topological polar surface area (TPSA) is 73.2 Å². The minimum atomic E-state index is -0.352. The number of thiophene rings is 1. The lowest BCUT2D eigenvalue weighted by molar-refractivity contribution is 0.0600. The van der Waals surface area contributed by atoms with E-state index in [2.05, 4.69) is 15.2 Å². The van der Waals surface area contributed by atoms with Gasteiger partial charge in [-0.3, -0.25) is 9.48 Å². The van der Waals surface area contributed by atoms with Crippen molar-refractivity contribution in [2.24, 2.45) is 7.05 Å². The fourth-order valence-electron chi connectivity index (χ4n) is 2.65. The Kier molecular flexibility index (Phi) is 4.85. The molecule has 2 aromatic heterocycles. The van der Waals surface area contributed by atoms with Gasteiger partial charge in [0.15, 0.2) is 0 Å². The summed E-state index contributed by atoms with van der Waals surface area (Å²) in [4.78, 5) is 25.4. The molecule has 6 nitrogen and oxygen atoms in total. The first kappa shape index (κ1) is 17.2. The van der Waals surface area contributed by atoms with Gasteiger partial charge in [-0.15, -0.1) is 11.3 Å². The molecule has 0 aliphatic carbocycles. The molecule has 1 N–H and O–H groups in total. The van der Waals surface area contributed by atoms with Gasteiger partial charge in [0.05, 0.1) is 23.2 Å². The lowest BCUT2D eigenvalue weighted by atomic mass is 10.1. The first-order valence-electron chi connectivity index (χ1n) is 7.88. The molecule has 0 aliphatic rings. The number of ether oxygens (including phenoxy) is 1. The van der Waals surface area contributed by atoms with Crippen molar-refractivity contribution in [3.63, 3.8) is 0 Å². The van der Waals surface area contributed by atoms with E-state index in [-0.39, 0.29) is 11.9 Å². The van der Waals surface area contributed by atoms with Gasteiger partial charge in [0.2, 0.25) is 0 Å². The van der Waals surface area contributed by atoms with E-state index in [1.807, 2.05) is 32.2 Å². The van der Waals surface area contributed by atoms with E-state index in [1.54, 1.807) is 16.8 Å². The largest absolute Gasteiger partial charge is 0.465 e. The third-order valence-corrected chi connectivity index (χ3v) is 5.19. The fraction of sp³-hybridized carbons (Fsp3) is 0.278. The Morgan fingerprint density at radius 3 is 2.64 bits per heavy atom. The van der Waals surface area contributed by atoms with Crippen molar-refractivity contribution in [3.05, 3.63) is 52.0 Å². The Balaban J connectivity index is 1.58. The highest BCUT2D eigenvalue weighted by atomic mass is 32.1. The van der Waals surface area contributed by atoms with Crippen molar-refractivity contribution in [2.45, 2.75) is 13.3 Å². The molecule has 0 saturated carbocycles. The molecular weight excluding hydrogens is 338 g/mol. The van der Waals surface area contributed by atoms with Crippen molar-refractivity contribution in [1.82, 2.24) is 15.1 Å². The predicted octanol–water partition coefficient (Wildman–Crippen LogP) is 2.70. The van der Waals surface area contributed by atoms with Crippen molar-refractivity contribution >= 4 is 33.4 Å². The van der Waals surface area contributed by atoms with Gasteiger partial charge in [-0.2, -0.15) is 5.10 Å². The summed E-state index contributed by atoms with van der Waals surface area (Å²) in [5, 5.41) is 8.30. The molecule has 25 heavy (non-hydrogen) atoms. The normalized spacial score (nSPS) is 10.8. The molecule has 1 amide bonds. The SMILES string of the molecule is COC(=O)c1ccc(CCNC(=O)c2cc3c(C)nn(C)c3s2)cc1. The van der Waals surface area contributed by atoms with Gasteiger partial charge in [0.1, 0.15) is 4.83 Å². The smallest absolute Gasteiger partial charge is 0.337 e. The molecule has 0 fully saturated rings. The quantitative estimate of drug-likeness (QED) is 0.713. The Hall–Kier alpha value is -2.67. The first-order chi connectivity index (χ1) is 12.0. The van der Waals surface area contributed by atoms with Gasteiger partial charge in [-0.1, -0.05) is 12.1 Å². The van der Waals surface area contributed by atoms with E-state index in [9.17, 15) is 9.59 Å². The van der Waals surface area contributed by atoms with Crippen LogP contribution in [-0.4, -0.2) is 35.3 Å². The third-order valence-electron chi connectivity index (χ3n) is 3.99. The van der Waals surface area contributed by atoms with Crippen LogP contribution in [0.1, 0.15) is 31.3 Å². The second kappa shape index (κ2) is 7.06. The van der Waals surface area contributed by atoms with E-state index in [0.29, 0.717) is 23.4 Å². The fourth-order valence-corrected chi connectivity index (χ4v) is 3.69. The minimum absolute atomic E-state index is 0.0771. The second-order valence-electron chi connectivity index (χ2n) is 5.73. The standard InChI is InChI=1S/C18H19N3O3S/c1-11-14-10-15(25-17(14)21(2)20-11)16(22)19-9-8-12-4-6-13(7-5-12)18(23)24-3/h4-7,10H,8-9H2,1-3H3,(H,19,22). The van der Waals surface area contributed by atoms with Gasteiger partial charge in [-0.05, 0) is 37.1 Å². The Labute approximate surface area is 149 Å². The van der Waals surface area contributed by atoms with Gasteiger partial charge in [-0.25, -0.2) is 4.79 Å². The summed E-state index contributed by atoms with van der Waals surface area (Å²) in [6, 6.07) is 9.08. The molecule has 0 unspecified atom stereocenters. The maximum atomic E-state index is 12.3. The molecule has 0 saturated heterocycles. The summed E-state index contributed by atoms with van der Waals surface area (Å²) in [6.45, 7) is 2.47. The summed E-state index contributed by atoms with van der Waals surface area (Å²) < 4.78 is 6.47. The maximum absolute atomic E-state index is 12.3. The van der Waals surface area contributed by atoms with Crippen molar-refractivity contribution in [2.75, 3.05) is 13.7 Å². The zero-order valence-corrected chi connectivity index (χ0v) is 15.1. The van der Waals surface area contributed by atoms with Crippen molar-refractivity contribution < 1.29 is 14.3 Å². The van der Waals surface area contributed by atoms with Gasteiger partial charge in [0, 0.05) is 19.0 Å². The first-order valence-corrected chi connectivity index (χ1v) is 8.70. The zero-order valence-electron chi connectivity index (χ0n) is 14.3. The summed E-state index contributed by atoms with van der Waals surface area (Å²) in [6.07, 6.45) is 0.693. The molecule has 0 bridgehead atoms. The van der Waals surface area contributed by atoms with E-state index >= 15 is 0 Å². The second-order valence-corrected chi connectivity index (χ2v) is 6.76. The average molecular weight is 357 g/mol. The van der Waals surface area contributed by atoms with Crippen LogP contribution in [0.4, 0.5) is 0 Å². The molecule has 0 spiro atoms. The van der Waals surface area contributed by atoms with Crippen molar-refractivity contribution in [1.29, 1.82) is 0 Å². The van der Waals surface area contributed by atoms with Gasteiger partial charge >= 0.3 is 5.97 Å². The van der Waals surface area contributed by atoms with Gasteiger partial charge in [0.25, 0.3) is 5.91 Å². The van der Waals surface area contributed by atoms with Crippen LogP contribution in [0.3, 0.4) is 0 Å². The summed E-state index contributed by atoms with van der Waals surface area (Å²) >= 11 is 1.44. The zero-order chi connectivity index (χ0) is 18.0. The third kappa shape index (κ3) is 3.56. The number of nitrogens with one attached hydrogen (secondary N) is 1. The molecule has 0 aliphatic heterocycles. The number of nitrogens with zero attached hydrogens (tertiary/aromatic N) is 2.